The van der Waals surface area contributed by atoms with Gasteiger partial charge in [-0.2, -0.15) is 0 Å². The Morgan fingerprint density at radius 3 is 2.67 bits per heavy atom. The quantitative estimate of drug-likeness (QED) is 0.323. The second-order valence-electron chi connectivity index (χ2n) is 6.99. The molecule has 160 valence electrons. The molecule has 1 aliphatic rings. The topological polar surface area (TPSA) is 48.2 Å². The Balaban J connectivity index is 0.00000256. The maximum Gasteiger partial charge on any atom is 0.193 e. The van der Waals surface area contributed by atoms with E-state index in [0.717, 1.165) is 36.3 Å². The van der Waals surface area contributed by atoms with Crippen LogP contribution >= 0.6 is 24.0 Å². The lowest BCUT2D eigenvalue weighted by Gasteiger charge is -2.37. The Kier molecular flexibility index (Phi) is 7.46. The molecule has 2 aromatic heterocycles. The summed E-state index contributed by atoms with van der Waals surface area (Å²) in [5.74, 6) is -0.00353. The number of fused-ring (bicyclic) bond motifs is 1. The van der Waals surface area contributed by atoms with Crippen molar-refractivity contribution >= 4 is 41.3 Å². The van der Waals surface area contributed by atoms with Crippen molar-refractivity contribution < 1.29 is 8.78 Å². The maximum absolute atomic E-state index is 14.0. The number of anilines is 1. The van der Waals surface area contributed by atoms with Crippen LogP contribution in [-0.4, -0.2) is 60.0 Å². The summed E-state index contributed by atoms with van der Waals surface area (Å²) in [4.78, 5) is 13.0. The Bertz CT molecular complexity index is 981. The normalized spacial score (nSPS) is 14.7. The van der Waals surface area contributed by atoms with Crippen molar-refractivity contribution in [3.63, 3.8) is 0 Å². The fraction of sp³-hybridized carbons (Fsp3) is 0.333. The highest BCUT2D eigenvalue weighted by Crippen LogP contribution is 2.21. The van der Waals surface area contributed by atoms with Gasteiger partial charge in [-0.1, -0.05) is 6.07 Å². The Hall–Kier alpha value is -2.43. The number of imidazole rings is 1. The number of guanidine groups is 1. The molecule has 0 bridgehead atoms. The molecule has 1 N–H and O–H groups in total. The van der Waals surface area contributed by atoms with Gasteiger partial charge in [-0.15, -0.1) is 24.0 Å². The van der Waals surface area contributed by atoms with Crippen LogP contribution in [0.15, 0.2) is 53.8 Å². The molecule has 30 heavy (non-hydrogen) atoms. The molecule has 0 spiro atoms. The molecular formula is C21H25F2IN6. The van der Waals surface area contributed by atoms with Gasteiger partial charge < -0.3 is 19.5 Å². The molecule has 3 heterocycles. The number of nitrogens with one attached hydrogen (secondary N) is 1. The van der Waals surface area contributed by atoms with Gasteiger partial charge in [0.25, 0.3) is 0 Å². The van der Waals surface area contributed by atoms with Gasteiger partial charge >= 0.3 is 0 Å². The average Bonchev–Trinajstić information content (AvgIpc) is 3.16. The number of nitrogens with zero attached hydrogens (tertiary/aromatic N) is 5. The number of hydrogen-bond acceptors (Lipinski definition) is 3. The molecule has 9 heteroatoms. The lowest BCUT2D eigenvalue weighted by molar-refractivity contribution is 0.371. The number of aromatic nitrogens is 2. The summed E-state index contributed by atoms with van der Waals surface area (Å²) >= 11 is 0. The van der Waals surface area contributed by atoms with E-state index in [0.29, 0.717) is 31.9 Å². The van der Waals surface area contributed by atoms with Crippen LogP contribution in [0.2, 0.25) is 0 Å². The highest BCUT2D eigenvalue weighted by atomic mass is 127. The van der Waals surface area contributed by atoms with Gasteiger partial charge in [-0.25, -0.2) is 13.8 Å². The van der Waals surface area contributed by atoms with Crippen LogP contribution in [0.25, 0.3) is 5.65 Å². The van der Waals surface area contributed by atoms with Crippen molar-refractivity contribution in [1.82, 2.24) is 19.6 Å². The first-order valence-corrected chi connectivity index (χ1v) is 9.72. The SMILES string of the molecule is CN=C(NCCc1cn2ccccc2n1)N1CCN(c2cc(F)ccc2F)CC1.I. The van der Waals surface area contributed by atoms with Crippen molar-refractivity contribution in [2.24, 2.45) is 4.99 Å². The molecule has 0 saturated carbocycles. The predicted molar refractivity (Wildman–Crippen MR) is 126 cm³/mol. The Labute approximate surface area is 191 Å². The molecule has 4 rings (SSSR count). The van der Waals surface area contributed by atoms with E-state index in [4.69, 9.17) is 0 Å². The molecule has 1 saturated heterocycles. The third kappa shape index (κ3) is 5.00. The average molecular weight is 526 g/mol. The number of aliphatic imine (C=N–C) groups is 1. The zero-order valence-corrected chi connectivity index (χ0v) is 19.1. The number of rotatable bonds is 4. The minimum atomic E-state index is -0.423. The summed E-state index contributed by atoms with van der Waals surface area (Å²) in [5.41, 5.74) is 2.28. The fourth-order valence-corrected chi connectivity index (χ4v) is 3.63. The summed E-state index contributed by atoms with van der Waals surface area (Å²) in [6, 6.07) is 9.51. The first-order valence-electron chi connectivity index (χ1n) is 9.72. The standard InChI is InChI=1S/C21H24F2N6.HI/c1-24-21(25-8-7-17-15-29-9-3-2-4-20(29)26-17)28-12-10-27(11-13-28)19-14-16(22)5-6-18(19)23;/h2-6,9,14-15H,7-8,10-13H2,1H3,(H,24,25);1H. The van der Waals surface area contributed by atoms with Gasteiger partial charge in [-0.3, -0.25) is 4.99 Å². The highest BCUT2D eigenvalue weighted by Gasteiger charge is 2.22. The Morgan fingerprint density at radius 2 is 1.93 bits per heavy atom. The van der Waals surface area contributed by atoms with Gasteiger partial charge in [0.1, 0.15) is 17.3 Å². The van der Waals surface area contributed by atoms with Crippen molar-refractivity contribution in [3.8, 4) is 0 Å². The monoisotopic (exact) mass is 526 g/mol. The molecule has 3 aromatic rings. The number of piperazine rings is 1. The molecule has 0 atom stereocenters. The van der Waals surface area contributed by atoms with Gasteiger partial charge in [0.15, 0.2) is 5.96 Å². The molecule has 1 aromatic carbocycles. The van der Waals surface area contributed by atoms with Crippen molar-refractivity contribution in [3.05, 3.63) is 66.1 Å². The summed E-state index contributed by atoms with van der Waals surface area (Å²) in [7, 11) is 1.76. The molecule has 6 nitrogen and oxygen atoms in total. The van der Waals surface area contributed by atoms with Crippen LogP contribution in [0.4, 0.5) is 14.5 Å². The van der Waals surface area contributed by atoms with E-state index in [1.807, 2.05) is 39.9 Å². The van der Waals surface area contributed by atoms with E-state index in [1.54, 1.807) is 7.05 Å². The van der Waals surface area contributed by atoms with E-state index < -0.39 is 11.6 Å². The lowest BCUT2D eigenvalue weighted by Crippen LogP contribution is -2.53. The zero-order valence-electron chi connectivity index (χ0n) is 16.8. The molecular weight excluding hydrogens is 501 g/mol. The van der Waals surface area contributed by atoms with E-state index >= 15 is 0 Å². The lowest BCUT2D eigenvalue weighted by atomic mass is 10.2. The van der Waals surface area contributed by atoms with Crippen molar-refractivity contribution in [1.29, 1.82) is 0 Å². The summed E-state index contributed by atoms with van der Waals surface area (Å²) in [6.07, 6.45) is 4.81. The number of pyridine rings is 1. The summed E-state index contributed by atoms with van der Waals surface area (Å²) < 4.78 is 29.5. The highest BCUT2D eigenvalue weighted by molar-refractivity contribution is 14.0. The third-order valence-corrected chi connectivity index (χ3v) is 5.12. The first kappa shape index (κ1) is 22.3. The summed E-state index contributed by atoms with van der Waals surface area (Å²) in [5, 5.41) is 3.38. The van der Waals surface area contributed by atoms with E-state index in [-0.39, 0.29) is 24.0 Å². The van der Waals surface area contributed by atoms with E-state index in [9.17, 15) is 8.78 Å². The van der Waals surface area contributed by atoms with E-state index in [2.05, 4.69) is 20.2 Å². The van der Waals surface area contributed by atoms with E-state index in [1.165, 1.54) is 12.1 Å². The Morgan fingerprint density at radius 1 is 1.13 bits per heavy atom. The summed E-state index contributed by atoms with van der Waals surface area (Å²) in [6.45, 7) is 3.30. The van der Waals surface area contributed by atoms with Crippen LogP contribution in [0.3, 0.4) is 0 Å². The molecule has 1 aliphatic heterocycles. The third-order valence-electron chi connectivity index (χ3n) is 5.12. The number of hydrogen-bond donors (Lipinski definition) is 1. The molecule has 0 radical (unpaired) electrons. The molecule has 0 aliphatic carbocycles. The van der Waals surface area contributed by atoms with Crippen LogP contribution in [0.1, 0.15) is 5.69 Å². The van der Waals surface area contributed by atoms with Gasteiger partial charge in [-0.05, 0) is 24.3 Å². The van der Waals surface area contributed by atoms with Gasteiger partial charge in [0, 0.05) is 64.7 Å². The van der Waals surface area contributed by atoms with Crippen LogP contribution in [0.5, 0.6) is 0 Å². The second-order valence-corrected chi connectivity index (χ2v) is 6.99. The smallest absolute Gasteiger partial charge is 0.193 e. The van der Waals surface area contributed by atoms with Crippen LogP contribution < -0.4 is 10.2 Å². The van der Waals surface area contributed by atoms with Gasteiger partial charge in [0.05, 0.1) is 11.4 Å². The molecule has 0 unspecified atom stereocenters. The van der Waals surface area contributed by atoms with Crippen molar-refractivity contribution in [2.75, 3.05) is 44.7 Å². The minimum absolute atomic E-state index is 0. The fourth-order valence-electron chi connectivity index (χ4n) is 3.63. The number of benzene rings is 1. The molecule has 0 amide bonds. The van der Waals surface area contributed by atoms with Gasteiger partial charge in [0.2, 0.25) is 0 Å². The molecule has 1 fully saturated rings. The first-order chi connectivity index (χ1) is 14.1. The number of halogens is 3. The van der Waals surface area contributed by atoms with Crippen LogP contribution in [0, 0.1) is 11.6 Å². The minimum Gasteiger partial charge on any atom is -0.366 e. The van der Waals surface area contributed by atoms with Crippen LogP contribution in [-0.2, 0) is 6.42 Å². The maximum atomic E-state index is 14.0. The van der Waals surface area contributed by atoms with Crippen molar-refractivity contribution in [2.45, 2.75) is 6.42 Å². The zero-order chi connectivity index (χ0) is 20.2. The predicted octanol–water partition coefficient (Wildman–Crippen LogP) is 3.17. The second kappa shape index (κ2) is 10.1. The largest absolute Gasteiger partial charge is 0.366 e.